The van der Waals surface area contributed by atoms with E-state index in [0.717, 1.165) is 5.82 Å². The maximum absolute atomic E-state index is 13.0. The standard InChI is InChI=1S/C22H29N5O3/c1-15(2)16-5-7-17(8-6-16)21(29)27-12-22(13-27)11-26(19(28)10-30-4)9-18(22)20-24-23-14-25(20)3/h5-8,14-15,18H,9-13H2,1-4H3. The number of methoxy groups -OCH3 is 1. The smallest absolute Gasteiger partial charge is 0.253 e. The van der Waals surface area contributed by atoms with Gasteiger partial charge >= 0.3 is 0 Å². The topological polar surface area (TPSA) is 80.6 Å². The molecule has 1 aromatic heterocycles. The van der Waals surface area contributed by atoms with Gasteiger partial charge in [0.1, 0.15) is 18.8 Å². The summed E-state index contributed by atoms with van der Waals surface area (Å²) in [6, 6.07) is 7.87. The molecule has 0 aliphatic carbocycles. The van der Waals surface area contributed by atoms with Crippen LogP contribution in [-0.4, -0.2) is 76.3 Å². The quantitative estimate of drug-likeness (QED) is 0.747. The third kappa shape index (κ3) is 3.49. The molecule has 4 rings (SSSR count). The van der Waals surface area contributed by atoms with Crippen LogP contribution in [0.1, 0.15) is 47.4 Å². The maximum Gasteiger partial charge on any atom is 0.253 e. The molecule has 1 unspecified atom stereocenters. The van der Waals surface area contributed by atoms with Gasteiger partial charge in [-0.05, 0) is 23.6 Å². The second kappa shape index (κ2) is 7.83. The zero-order valence-electron chi connectivity index (χ0n) is 18.0. The molecule has 2 amide bonds. The highest BCUT2D eigenvalue weighted by Crippen LogP contribution is 2.49. The number of benzene rings is 1. The molecule has 0 N–H and O–H groups in total. The third-order valence-electron chi connectivity index (χ3n) is 6.45. The lowest BCUT2D eigenvalue weighted by Gasteiger charge is -2.50. The summed E-state index contributed by atoms with van der Waals surface area (Å²) < 4.78 is 6.95. The van der Waals surface area contributed by atoms with Crippen LogP contribution in [0.5, 0.6) is 0 Å². The number of aryl methyl sites for hydroxylation is 1. The number of rotatable bonds is 5. The molecular formula is C22H29N5O3. The SMILES string of the molecule is COCC(=O)N1CC(c2nncn2C)C2(C1)CN(C(=O)c1ccc(C(C)C)cc1)C2. The Labute approximate surface area is 176 Å². The molecule has 1 aromatic carbocycles. The van der Waals surface area contributed by atoms with Crippen molar-refractivity contribution in [2.75, 3.05) is 39.9 Å². The molecule has 1 spiro atoms. The van der Waals surface area contributed by atoms with E-state index in [1.54, 1.807) is 6.33 Å². The third-order valence-corrected chi connectivity index (χ3v) is 6.45. The van der Waals surface area contributed by atoms with E-state index >= 15 is 0 Å². The Hall–Kier alpha value is -2.74. The van der Waals surface area contributed by atoms with Crippen molar-refractivity contribution in [2.45, 2.75) is 25.7 Å². The average Bonchev–Trinajstić information content (AvgIpc) is 3.30. The Morgan fingerprint density at radius 2 is 1.83 bits per heavy atom. The molecule has 30 heavy (non-hydrogen) atoms. The van der Waals surface area contributed by atoms with Crippen molar-refractivity contribution in [2.24, 2.45) is 12.5 Å². The second-order valence-electron chi connectivity index (χ2n) is 8.86. The summed E-state index contributed by atoms with van der Waals surface area (Å²) in [6.07, 6.45) is 1.68. The first-order valence-electron chi connectivity index (χ1n) is 10.3. The lowest BCUT2D eigenvalue weighted by molar-refractivity contribution is -0.134. The van der Waals surface area contributed by atoms with Crippen LogP contribution < -0.4 is 0 Å². The van der Waals surface area contributed by atoms with Gasteiger partial charge in [-0.3, -0.25) is 9.59 Å². The molecule has 2 saturated heterocycles. The number of hydrogen-bond acceptors (Lipinski definition) is 5. The Kier molecular flexibility index (Phi) is 5.36. The number of hydrogen-bond donors (Lipinski definition) is 0. The van der Waals surface area contributed by atoms with Gasteiger partial charge in [0.25, 0.3) is 5.91 Å². The first-order valence-corrected chi connectivity index (χ1v) is 10.3. The summed E-state index contributed by atoms with van der Waals surface area (Å²) in [5, 5.41) is 8.33. The van der Waals surface area contributed by atoms with Crippen LogP contribution in [0.3, 0.4) is 0 Å². The van der Waals surface area contributed by atoms with E-state index in [2.05, 4.69) is 24.0 Å². The van der Waals surface area contributed by atoms with Gasteiger partial charge in [0.15, 0.2) is 0 Å². The highest BCUT2D eigenvalue weighted by Gasteiger charge is 2.58. The first-order chi connectivity index (χ1) is 14.3. The summed E-state index contributed by atoms with van der Waals surface area (Å²) in [7, 11) is 3.44. The van der Waals surface area contributed by atoms with Gasteiger partial charge in [-0.1, -0.05) is 26.0 Å². The van der Waals surface area contributed by atoms with Crippen molar-refractivity contribution in [3.63, 3.8) is 0 Å². The van der Waals surface area contributed by atoms with Crippen LogP contribution in [0.2, 0.25) is 0 Å². The largest absolute Gasteiger partial charge is 0.375 e. The molecule has 2 aromatic rings. The van der Waals surface area contributed by atoms with Crippen molar-refractivity contribution < 1.29 is 14.3 Å². The summed E-state index contributed by atoms with van der Waals surface area (Å²) in [6.45, 7) is 6.71. The summed E-state index contributed by atoms with van der Waals surface area (Å²) >= 11 is 0. The maximum atomic E-state index is 13.0. The Morgan fingerprint density at radius 3 is 2.40 bits per heavy atom. The molecule has 1 atom stereocenters. The molecular weight excluding hydrogens is 382 g/mol. The Bertz CT molecular complexity index is 931. The zero-order chi connectivity index (χ0) is 21.5. The number of carbonyl (C=O) groups excluding carboxylic acids is 2. The molecule has 8 heteroatoms. The molecule has 2 fully saturated rings. The summed E-state index contributed by atoms with van der Waals surface area (Å²) in [4.78, 5) is 29.2. The Balaban J connectivity index is 1.52. The van der Waals surface area contributed by atoms with Crippen LogP contribution in [0.25, 0.3) is 0 Å². The van der Waals surface area contributed by atoms with Crippen LogP contribution in [0.4, 0.5) is 0 Å². The van der Waals surface area contributed by atoms with Gasteiger partial charge in [0.05, 0.1) is 0 Å². The van der Waals surface area contributed by atoms with Crippen LogP contribution >= 0.6 is 0 Å². The van der Waals surface area contributed by atoms with Crippen molar-refractivity contribution >= 4 is 11.8 Å². The van der Waals surface area contributed by atoms with Crippen molar-refractivity contribution in [1.82, 2.24) is 24.6 Å². The Morgan fingerprint density at radius 1 is 1.17 bits per heavy atom. The van der Waals surface area contributed by atoms with E-state index in [0.29, 0.717) is 37.7 Å². The van der Waals surface area contributed by atoms with Gasteiger partial charge in [0, 0.05) is 57.2 Å². The predicted octanol–water partition coefficient (Wildman–Crippen LogP) is 1.65. The van der Waals surface area contributed by atoms with Gasteiger partial charge in [-0.2, -0.15) is 0 Å². The number of amides is 2. The minimum atomic E-state index is -0.197. The minimum Gasteiger partial charge on any atom is -0.375 e. The highest BCUT2D eigenvalue weighted by molar-refractivity contribution is 5.95. The lowest BCUT2D eigenvalue weighted by atomic mass is 9.71. The molecule has 3 heterocycles. The molecule has 0 bridgehead atoms. The minimum absolute atomic E-state index is 0.0319. The number of aromatic nitrogens is 3. The fourth-order valence-corrected chi connectivity index (χ4v) is 4.71. The lowest BCUT2D eigenvalue weighted by Crippen LogP contribution is -2.61. The number of carbonyl (C=O) groups is 2. The number of likely N-dealkylation sites (tertiary alicyclic amines) is 2. The molecule has 0 radical (unpaired) electrons. The fourth-order valence-electron chi connectivity index (χ4n) is 4.71. The van der Waals surface area contributed by atoms with Crippen LogP contribution in [0, 0.1) is 5.41 Å². The number of ether oxygens (including phenoxy) is 1. The van der Waals surface area contributed by atoms with E-state index < -0.39 is 0 Å². The van der Waals surface area contributed by atoms with E-state index in [1.165, 1.54) is 12.7 Å². The van der Waals surface area contributed by atoms with Gasteiger partial charge in [0.2, 0.25) is 5.91 Å². The molecule has 160 valence electrons. The monoisotopic (exact) mass is 411 g/mol. The van der Waals surface area contributed by atoms with Crippen molar-refractivity contribution in [3.05, 3.63) is 47.5 Å². The fraction of sp³-hybridized carbons (Fsp3) is 0.545. The van der Waals surface area contributed by atoms with E-state index in [9.17, 15) is 9.59 Å². The van der Waals surface area contributed by atoms with E-state index in [1.807, 2.05) is 45.7 Å². The predicted molar refractivity (Wildman–Crippen MR) is 111 cm³/mol. The molecule has 2 aliphatic rings. The average molecular weight is 412 g/mol. The molecule has 8 nitrogen and oxygen atoms in total. The molecule has 2 aliphatic heterocycles. The summed E-state index contributed by atoms with van der Waals surface area (Å²) in [5.41, 5.74) is 1.73. The first kappa shape index (κ1) is 20.5. The van der Waals surface area contributed by atoms with Gasteiger partial charge < -0.3 is 19.1 Å². The van der Waals surface area contributed by atoms with E-state index in [-0.39, 0.29) is 29.8 Å². The molecule has 0 saturated carbocycles. The zero-order valence-corrected chi connectivity index (χ0v) is 18.0. The van der Waals surface area contributed by atoms with Gasteiger partial charge in [-0.25, -0.2) is 0 Å². The van der Waals surface area contributed by atoms with Crippen LogP contribution in [0.15, 0.2) is 30.6 Å². The normalized spacial score (nSPS) is 20.1. The van der Waals surface area contributed by atoms with Crippen LogP contribution in [-0.2, 0) is 16.6 Å². The summed E-state index contributed by atoms with van der Waals surface area (Å²) in [5.74, 6) is 1.34. The van der Waals surface area contributed by atoms with Crippen molar-refractivity contribution in [1.29, 1.82) is 0 Å². The van der Waals surface area contributed by atoms with E-state index in [4.69, 9.17) is 4.74 Å². The second-order valence-corrected chi connectivity index (χ2v) is 8.86. The van der Waals surface area contributed by atoms with Gasteiger partial charge in [-0.15, -0.1) is 10.2 Å². The highest BCUT2D eigenvalue weighted by atomic mass is 16.5. The number of nitrogens with zero attached hydrogens (tertiary/aromatic N) is 5. The van der Waals surface area contributed by atoms with Crippen molar-refractivity contribution in [3.8, 4) is 0 Å².